The van der Waals surface area contributed by atoms with E-state index in [-0.39, 0.29) is 23.7 Å². The fourth-order valence-electron chi connectivity index (χ4n) is 4.65. The Morgan fingerprint density at radius 2 is 1.59 bits per heavy atom. The Balaban J connectivity index is 1.81. The molecular formula is C28H35F5NO4P. The van der Waals surface area contributed by atoms with Gasteiger partial charge in [0.15, 0.2) is 0 Å². The Morgan fingerprint density at radius 1 is 0.949 bits per heavy atom. The van der Waals surface area contributed by atoms with Crippen molar-refractivity contribution >= 4 is 13.5 Å². The summed E-state index contributed by atoms with van der Waals surface area (Å²) in [5.74, 6) is -3.20. The molecule has 1 aliphatic rings. The lowest BCUT2D eigenvalue weighted by atomic mass is 9.93. The Bertz CT molecular complexity index is 1170. The Morgan fingerprint density at radius 3 is 2.21 bits per heavy atom. The molecule has 2 aromatic rings. The normalized spacial score (nSPS) is 14.8. The minimum absolute atomic E-state index is 0.158. The zero-order valence-electron chi connectivity index (χ0n) is 22.2. The largest absolute Gasteiger partial charge is 0.405 e. The van der Waals surface area contributed by atoms with Crippen molar-refractivity contribution in [1.82, 2.24) is 5.32 Å². The number of hydrogen-bond acceptors (Lipinski definition) is 4. The van der Waals surface area contributed by atoms with Crippen LogP contribution in [0.15, 0.2) is 30.3 Å². The van der Waals surface area contributed by atoms with Crippen LogP contribution in [-0.2, 0) is 24.8 Å². The van der Waals surface area contributed by atoms with Gasteiger partial charge in [-0.3, -0.25) is 9.36 Å². The molecule has 3 rings (SSSR count). The highest BCUT2D eigenvalue weighted by molar-refractivity contribution is 7.53. The molecule has 0 radical (unpaired) electrons. The molecule has 39 heavy (non-hydrogen) atoms. The zero-order chi connectivity index (χ0) is 28.6. The number of hydrogen-bond donors (Lipinski definition) is 1. The molecule has 11 heteroatoms. The van der Waals surface area contributed by atoms with Gasteiger partial charge in [-0.25, -0.2) is 8.78 Å². The summed E-state index contributed by atoms with van der Waals surface area (Å²) < 4.78 is 91.9. The molecule has 1 N–H and O–H groups in total. The van der Waals surface area contributed by atoms with Gasteiger partial charge in [0, 0.05) is 0 Å². The van der Waals surface area contributed by atoms with E-state index in [1.54, 1.807) is 0 Å². The van der Waals surface area contributed by atoms with Crippen molar-refractivity contribution in [3.8, 4) is 11.1 Å². The van der Waals surface area contributed by atoms with Crippen molar-refractivity contribution in [3.63, 3.8) is 0 Å². The third kappa shape index (κ3) is 8.35. The van der Waals surface area contributed by atoms with Gasteiger partial charge in [-0.15, -0.1) is 0 Å². The standard InChI is InChI=1S/C28H35F5NO4P/c1-3-5-14-37-39(36,38-15-6-4-2)16-8-7-9-21-24(30)13-12-22-25(21)23-17-19(29)10-11-20(23)26(22)27(35)34-18-28(31,32)33/h10-13,17,26H,3-9,14-16,18H2,1-2H3,(H,34,35). The number of carbonyl (C=O) groups is 1. The van der Waals surface area contributed by atoms with Crippen molar-refractivity contribution in [3.05, 3.63) is 58.7 Å². The number of amides is 1. The van der Waals surface area contributed by atoms with Crippen molar-refractivity contribution < 1.29 is 40.4 Å². The summed E-state index contributed by atoms with van der Waals surface area (Å²) in [5.41, 5.74) is 1.47. The molecule has 1 unspecified atom stereocenters. The Kier molecular flexibility index (Phi) is 11.1. The second-order valence-electron chi connectivity index (χ2n) is 9.65. The summed E-state index contributed by atoms with van der Waals surface area (Å²) in [7, 11) is -3.32. The van der Waals surface area contributed by atoms with Gasteiger partial charge >= 0.3 is 13.8 Å². The summed E-state index contributed by atoms with van der Waals surface area (Å²) in [5, 5.41) is 1.90. The van der Waals surface area contributed by atoms with Crippen molar-refractivity contribution in [2.24, 2.45) is 0 Å². The van der Waals surface area contributed by atoms with Crippen molar-refractivity contribution in [2.75, 3.05) is 25.9 Å². The molecule has 0 bridgehead atoms. The molecule has 0 saturated carbocycles. The highest BCUT2D eigenvalue weighted by Gasteiger charge is 2.38. The van der Waals surface area contributed by atoms with E-state index in [0.717, 1.165) is 31.7 Å². The van der Waals surface area contributed by atoms with E-state index >= 15 is 4.39 Å². The second-order valence-corrected chi connectivity index (χ2v) is 11.8. The summed E-state index contributed by atoms with van der Waals surface area (Å²) in [6.45, 7) is 3.12. The van der Waals surface area contributed by atoms with Crippen LogP contribution in [0.1, 0.15) is 75.0 Å². The van der Waals surface area contributed by atoms with Gasteiger partial charge in [-0.1, -0.05) is 38.8 Å². The number of halogens is 5. The van der Waals surface area contributed by atoms with E-state index < -0.39 is 43.8 Å². The molecule has 2 aromatic carbocycles. The molecule has 1 aliphatic carbocycles. The summed E-state index contributed by atoms with van der Waals surface area (Å²) in [4.78, 5) is 12.8. The smallest absolute Gasteiger partial charge is 0.346 e. The van der Waals surface area contributed by atoms with Gasteiger partial charge in [0.2, 0.25) is 5.91 Å². The van der Waals surface area contributed by atoms with Crippen molar-refractivity contribution in [1.29, 1.82) is 0 Å². The van der Waals surface area contributed by atoms with Crippen LogP contribution in [-0.4, -0.2) is 38.0 Å². The molecule has 0 aliphatic heterocycles. The van der Waals surface area contributed by atoms with Gasteiger partial charge in [0.05, 0.1) is 25.3 Å². The molecule has 0 aromatic heterocycles. The number of nitrogens with one attached hydrogen (secondary N) is 1. The fraction of sp³-hybridized carbons (Fsp3) is 0.536. The first-order chi connectivity index (χ1) is 18.5. The van der Waals surface area contributed by atoms with Crippen LogP contribution in [0.5, 0.6) is 0 Å². The van der Waals surface area contributed by atoms with E-state index in [1.807, 2.05) is 19.2 Å². The lowest BCUT2D eigenvalue weighted by Gasteiger charge is -2.19. The number of benzene rings is 2. The van der Waals surface area contributed by atoms with Gasteiger partial charge in [0.1, 0.15) is 18.2 Å². The topological polar surface area (TPSA) is 64.6 Å². The predicted octanol–water partition coefficient (Wildman–Crippen LogP) is 7.90. The maximum absolute atomic E-state index is 15.1. The first-order valence-corrected chi connectivity index (χ1v) is 15.1. The molecule has 216 valence electrons. The van der Waals surface area contributed by atoms with Gasteiger partial charge in [0.25, 0.3) is 0 Å². The molecule has 0 heterocycles. The summed E-state index contributed by atoms with van der Waals surface area (Å²) >= 11 is 0. The lowest BCUT2D eigenvalue weighted by molar-refractivity contribution is -0.138. The van der Waals surface area contributed by atoms with E-state index in [2.05, 4.69) is 0 Å². The van der Waals surface area contributed by atoms with Crippen LogP contribution in [0, 0.1) is 11.6 Å². The SMILES string of the molecule is CCCCOP(=O)(CCCCc1c(F)ccc2c1-c1cc(F)ccc1C2C(=O)NCC(F)(F)F)OCCCC. The van der Waals surface area contributed by atoms with E-state index in [0.29, 0.717) is 42.7 Å². The zero-order valence-corrected chi connectivity index (χ0v) is 23.1. The van der Waals surface area contributed by atoms with Crippen molar-refractivity contribution in [2.45, 2.75) is 70.9 Å². The maximum atomic E-state index is 15.1. The van der Waals surface area contributed by atoms with Crippen LogP contribution >= 0.6 is 7.60 Å². The van der Waals surface area contributed by atoms with Gasteiger partial charge in [-0.05, 0) is 78.1 Å². The molecule has 1 amide bonds. The van der Waals surface area contributed by atoms with E-state index in [1.165, 1.54) is 24.3 Å². The van der Waals surface area contributed by atoms with Crippen LogP contribution in [0.2, 0.25) is 0 Å². The number of rotatable bonds is 15. The van der Waals surface area contributed by atoms with Crippen LogP contribution in [0.25, 0.3) is 11.1 Å². The average molecular weight is 576 g/mol. The number of carbonyl (C=O) groups excluding carboxylic acids is 1. The summed E-state index contributed by atoms with van der Waals surface area (Å²) in [6, 6.07) is 6.18. The third-order valence-electron chi connectivity index (χ3n) is 6.60. The number of unbranched alkanes of at least 4 members (excludes halogenated alkanes) is 3. The Hall–Kier alpha value is -2.29. The quantitative estimate of drug-likeness (QED) is 0.133. The molecule has 0 saturated heterocycles. The summed E-state index contributed by atoms with van der Waals surface area (Å²) in [6.07, 6.45) is -0.194. The predicted molar refractivity (Wildman–Crippen MR) is 140 cm³/mol. The molecule has 0 fully saturated rings. The van der Waals surface area contributed by atoms with E-state index in [9.17, 15) is 26.9 Å². The molecule has 1 atom stereocenters. The fourth-order valence-corrected chi connectivity index (χ4v) is 6.41. The van der Waals surface area contributed by atoms with E-state index in [4.69, 9.17) is 9.05 Å². The van der Waals surface area contributed by atoms with Gasteiger partial charge < -0.3 is 14.4 Å². The highest BCUT2D eigenvalue weighted by atomic mass is 31.2. The van der Waals surface area contributed by atoms with Crippen LogP contribution in [0.4, 0.5) is 22.0 Å². The van der Waals surface area contributed by atoms with Crippen LogP contribution < -0.4 is 5.32 Å². The monoisotopic (exact) mass is 575 g/mol. The first-order valence-electron chi connectivity index (χ1n) is 13.3. The Labute approximate surface area is 226 Å². The molecular weight excluding hydrogens is 540 g/mol. The average Bonchev–Trinajstić information content (AvgIpc) is 3.20. The third-order valence-corrected chi connectivity index (χ3v) is 8.62. The number of alkyl halides is 3. The highest BCUT2D eigenvalue weighted by Crippen LogP contribution is 2.50. The maximum Gasteiger partial charge on any atom is 0.405 e. The molecule has 0 spiro atoms. The second kappa shape index (κ2) is 13.9. The first kappa shape index (κ1) is 31.2. The minimum Gasteiger partial charge on any atom is -0.346 e. The van der Waals surface area contributed by atoms with Crippen LogP contribution in [0.3, 0.4) is 0 Å². The number of fused-ring (bicyclic) bond motifs is 3. The molecule has 5 nitrogen and oxygen atoms in total. The lowest BCUT2D eigenvalue weighted by Crippen LogP contribution is -2.36. The minimum atomic E-state index is -4.60. The van der Waals surface area contributed by atoms with Gasteiger partial charge in [-0.2, -0.15) is 13.2 Å².